The molecule has 0 N–H and O–H groups in total. The minimum atomic E-state index is -0.986. The van der Waals surface area contributed by atoms with Crippen molar-refractivity contribution < 1.29 is 14.3 Å². The lowest BCUT2D eigenvalue weighted by atomic mass is 9.88. The quantitative estimate of drug-likeness (QED) is 0.621. The first-order valence-electron chi connectivity index (χ1n) is 4.75. The number of allylic oxidation sites excluding steroid dienone is 2. The first-order chi connectivity index (χ1) is 6.65. The highest BCUT2D eigenvalue weighted by Crippen LogP contribution is 2.44. The summed E-state index contributed by atoms with van der Waals surface area (Å²) in [4.78, 5) is 22.7. The van der Waals surface area contributed by atoms with E-state index in [0.717, 1.165) is 12.8 Å². The van der Waals surface area contributed by atoms with Gasteiger partial charge in [0.15, 0.2) is 5.60 Å². The fourth-order valence-corrected chi connectivity index (χ4v) is 1.81. The van der Waals surface area contributed by atoms with Crippen LogP contribution in [0.15, 0.2) is 24.3 Å². The molecule has 0 heterocycles. The Morgan fingerprint density at radius 2 is 2.21 bits per heavy atom. The Morgan fingerprint density at radius 1 is 1.50 bits per heavy atom. The van der Waals surface area contributed by atoms with Crippen molar-refractivity contribution in [3.63, 3.8) is 0 Å². The molecule has 2 rings (SSSR count). The molecule has 14 heavy (non-hydrogen) atoms. The van der Waals surface area contributed by atoms with Crippen LogP contribution in [0.3, 0.4) is 0 Å². The summed E-state index contributed by atoms with van der Waals surface area (Å²) in [6.07, 6.45) is 8.53. The molecule has 3 nitrogen and oxygen atoms in total. The van der Waals surface area contributed by atoms with E-state index in [1.807, 2.05) is 0 Å². The first kappa shape index (κ1) is 9.19. The number of hydrogen-bond acceptors (Lipinski definition) is 3. The SMILES string of the molecule is CC(=O)O[C@]1(C2CC2)C=CC=CC1=O. The molecule has 0 aromatic rings. The third-order valence-corrected chi connectivity index (χ3v) is 2.58. The first-order valence-corrected chi connectivity index (χ1v) is 4.75. The second kappa shape index (κ2) is 3.08. The highest BCUT2D eigenvalue weighted by Gasteiger charge is 2.51. The standard InChI is InChI=1S/C11H12O3/c1-8(12)14-11(9-5-6-9)7-3-2-4-10(11)13/h2-4,7,9H,5-6H2,1H3/t11-/m0/s1. The zero-order chi connectivity index (χ0) is 10.2. The molecule has 0 aliphatic heterocycles. The molecule has 74 valence electrons. The summed E-state index contributed by atoms with van der Waals surface area (Å²) < 4.78 is 5.19. The average Bonchev–Trinajstić information content (AvgIpc) is 2.91. The molecule has 0 amide bonds. The number of rotatable bonds is 2. The normalized spacial score (nSPS) is 30.5. The van der Waals surface area contributed by atoms with Gasteiger partial charge in [-0.05, 0) is 25.0 Å². The van der Waals surface area contributed by atoms with E-state index in [0.29, 0.717) is 0 Å². The van der Waals surface area contributed by atoms with Crippen molar-refractivity contribution in [3.8, 4) is 0 Å². The third-order valence-electron chi connectivity index (χ3n) is 2.58. The van der Waals surface area contributed by atoms with Gasteiger partial charge in [0, 0.05) is 12.8 Å². The van der Waals surface area contributed by atoms with Crippen molar-refractivity contribution in [2.45, 2.75) is 25.4 Å². The van der Waals surface area contributed by atoms with E-state index in [1.54, 1.807) is 18.2 Å². The maximum Gasteiger partial charge on any atom is 0.303 e. The van der Waals surface area contributed by atoms with Gasteiger partial charge in [-0.3, -0.25) is 9.59 Å². The van der Waals surface area contributed by atoms with Crippen LogP contribution in [-0.2, 0) is 14.3 Å². The van der Waals surface area contributed by atoms with Crippen LogP contribution in [0, 0.1) is 5.92 Å². The number of ether oxygens (including phenoxy) is 1. The molecule has 2 aliphatic carbocycles. The lowest BCUT2D eigenvalue weighted by Crippen LogP contribution is -2.43. The molecule has 0 unspecified atom stereocenters. The van der Waals surface area contributed by atoms with Crippen LogP contribution in [0.1, 0.15) is 19.8 Å². The topological polar surface area (TPSA) is 43.4 Å². The van der Waals surface area contributed by atoms with Crippen LogP contribution in [0.25, 0.3) is 0 Å². The van der Waals surface area contributed by atoms with Gasteiger partial charge in [-0.1, -0.05) is 12.2 Å². The predicted octanol–water partition coefficient (Wildman–Crippen LogP) is 1.39. The Kier molecular flexibility index (Phi) is 2.02. The Bertz CT molecular complexity index is 336. The number of carbonyl (C=O) groups excluding carboxylic acids is 2. The molecule has 0 aromatic carbocycles. The van der Waals surface area contributed by atoms with Gasteiger partial charge in [0.1, 0.15) is 0 Å². The fraction of sp³-hybridized carbons (Fsp3) is 0.455. The van der Waals surface area contributed by atoms with E-state index in [1.165, 1.54) is 13.0 Å². The monoisotopic (exact) mass is 192 g/mol. The van der Waals surface area contributed by atoms with E-state index in [2.05, 4.69) is 0 Å². The lowest BCUT2D eigenvalue weighted by molar-refractivity contribution is -0.160. The molecule has 1 atom stereocenters. The minimum Gasteiger partial charge on any atom is -0.446 e. The molecular weight excluding hydrogens is 180 g/mol. The van der Waals surface area contributed by atoms with Crippen molar-refractivity contribution in [2.24, 2.45) is 5.92 Å². The van der Waals surface area contributed by atoms with E-state index in [-0.39, 0.29) is 11.7 Å². The third kappa shape index (κ3) is 1.39. The van der Waals surface area contributed by atoms with Gasteiger partial charge in [0.2, 0.25) is 5.78 Å². The molecule has 2 aliphatic rings. The van der Waals surface area contributed by atoms with Crippen LogP contribution >= 0.6 is 0 Å². The van der Waals surface area contributed by atoms with E-state index >= 15 is 0 Å². The largest absolute Gasteiger partial charge is 0.446 e. The predicted molar refractivity (Wildman–Crippen MR) is 50.5 cm³/mol. The number of hydrogen-bond donors (Lipinski definition) is 0. The molecule has 0 aromatic heterocycles. The zero-order valence-corrected chi connectivity index (χ0v) is 8.03. The van der Waals surface area contributed by atoms with Crippen LogP contribution in [0.4, 0.5) is 0 Å². The Morgan fingerprint density at radius 3 is 2.71 bits per heavy atom. The van der Waals surface area contributed by atoms with E-state index in [9.17, 15) is 9.59 Å². The summed E-state index contributed by atoms with van der Waals surface area (Å²) >= 11 is 0. The molecule has 3 heteroatoms. The Labute approximate surface area is 82.4 Å². The summed E-state index contributed by atoms with van der Waals surface area (Å²) in [7, 11) is 0. The Hall–Kier alpha value is -1.38. The molecule has 0 saturated heterocycles. The summed E-state index contributed by atoms with van der Waals surface area (Å²) in [5.74, 6) is -0.331. The van der Waals surface area contributed by atoms with Crippen molar-refractivity contribution in [1.29, 1.82) is 0 Å². The van der Waals surface area contributed by atoms with Crippen LogP contribution in [-0.4, -0.2) is 17.4 Å². The van der Waals surface area contributed by atoms with Gasteiger partial charge in [-0.25, -0.2) is 0 Å². The number of esters is 1. The molecular formula is C11H12O3. The zero-order valence-electron chi connectivity index (χ0n) is 8.03. The number of ketones is 1. The second-order valence-corrected chi connectivity index (χ2v) is 3.74. The molecule has 0 spiro atoms. The minimum absolute atomic E-state index is 0.113. The summed E-state index contributed by atoms with van der Waals surface area (Å²) in [5.41, 5.74) is -0.986. The van der Waals surface area contributed by atoms with Crippen molar-refractivity contribution in [2.75, 3.05) is 0 Å². The lowest BCUT2D eigenvalue weighted by Gasteiger charge is -2.28. The van der Waals surface area contributed by atoms with Gasteiger partial charge in [-0.15, -0.1) is 0 Å². The van der Waals surface area contributed by atoms with E-state index in [4.69, 9.17) is 4.74 Å². The van der Waals surface area contributed by atoms with Crippen molar-refractivity contribution in [3.05, 3.63) is 24.3 Å². The summed E-state index contributed by atoms with van der Waals surface area (Å²) in [5, 5.41) is 0. The van der Waals surface area contributed by atoms with Crippen LogP contribution < -0.4 is 0 Å². The molecule has 0 bridgehead atoms. The number of carbonyl (C=O) groups is 2. The maximum atomic E-state index is 11.7. The highest BCUT2D eigenvalue weighted by atomic mass is 16.6. The summed E-state index contributed by atoms with van der Waals surface area (Å²) in [6.45, 7) is 1.34. The second-order valence-electron chi connectivity index (χ2n) is 3.74. The van der Waals surface area contributed by atoms with Gasteiger partial charge in [0.25, 0.3) is 0 Å². The smallest absolute Gasteiger partial charge is 0.303 e. The molecule has 1 saturated carbocycles. The van der Waals surface area contributed by atoms with Crippen LogP contribution in [0.5, 0.6) is 0 Å². The van der Waals surface area contributed by atoms with Gasteiger partial charge in [0.05, 0.1) is 0 Å². The van der Waals surface area contributed by atoms with Crippen LogP contribution in [0.2, 0.25) is 0 Å². The fourth-order valence-electron chi connectivity index (χ4n) is 1.81. The van der Waals surface area contributed by atoms with Crippen molar-refractivity contribution >= 4 is 11.8 Å². The highest BCUT2D eigenvalue weighted by molar-refractivity contribution is 6.01. The Balaban J connectivity index is 2.29. The van der Waals surface area contributed by atoms with E-state index < -0.39 is 11.6 Å². The molecule has 0 radical (unpaired) electrons. The summed E-state index contributed by atoms with van der Waals surface area (Å²) in [6, 6.07) is 0. The maximum absolute atomic E-state index is 11.7. The average molecular weight is 192 g/mol. The van der Waals surface area contributed by atoms with Crippen molar-refractivity contribution in [1.82, 2.24) is 0 Å². The van der Waals surface area contributed by atoms with Gasteiger partial charge < -0.3 is 4.74 Å². The van der Waals surface area contributed by atoms with Gasteiger partial charge >= 0.3 is 5.97 Å². The molecule has 1 fully saturated rings. The van der Waals surface area contributed by atoms with Gasteiger partial charge in [-0.2, -0.15) is 0 Å².